The van der Waals surface area contributed by atoms with E-state index in [4.69, 9.17) is 10.9 Å². The fourth-order valence-electron chi connectivity index (χ4n) is 2.25. The predicted octanol–water partition coefficient (Wildman–Crippen LogP) is -0.523. The number of aromatic nitrogens is 1. The Labute approximate surface area is 107 Å². The van der Waals surface area contributed by atoms with Gasteiger partial charge in [-0.15, -0.1) is 0 Å². The number of piperazine rings is 1. The maximum Gasteiger partial charge on any atom is 0.144 e. The number of anilines is 1. The molecule has 6 nitrogen and oxygen atoms in total. The molecule has 0 aromatic carbocycles. The largest absolute Gasteiger partial charge is 0.395 e. The van der Waals surface area contributed by atoms with E-state index >= 15 is 0 Å². The van der Waals surface area contributed by atoms with Gasteiger partial charge in [0.2, 0.25) is 0 Å². The van der Waals surface area contributed by atoms with Crippen LogP contribution in [-0.4, -0.2) is 59.2 Å². The molecule has 0 radical (unpaired) electrons. The molecular weight excluding hydrogens is 230 g/mol. The standard InChI is InChI=1S/C12H21N5O/c13-15-12-11(2-1-3-14-12)10-17-6-4-16(5-7-17)8-9-18/h1-3,18H,4-10,13H2,(H,14,15). The van der Waals surface area contributed by atoms with Crippen LogP contribution in [0.25, 0.3) is 0 Å². The number of aliphatic hydroxyl groups is 1. The second-order valence-corrected chi connectivity index (χ2v) is 4.50. The first-order valence-electron chi connectivity index (χ1n) is 6.29. The zero-order valence-electron chi connectivity index (χ0n) is 10.5. The van der Waals surface area contributed by atoms with E-state index in [2.05, 4.69) is 20.2 Å². The Morgan fingerprint density at radius 3 is 2.67 bits per heavy atom. The lowest BCUT2D eigenvalue weighted by molar-refractivity contribution is 0.108. The Morgan fingerprint density at radius 1 is 1.28 bits per heavy atom. The maximum absolute atomic E-state index is 8.90. The Morgan fingerprint density at radius 2 is 2.00 bits per heavy atom. The summed E-state index contributed by atoms with van der Waals surface area (Å²) in [5.74, 6) is 6.20. The number of nitrogens with zero attached hydrogens (tertiary/aromatic N) is 3. The van der Waals surface area contributed by atoms with Crippen molar-refractivity contribution in [3.63, 3.8) is 0 Å². The molecule has 0 atom stereocenters. The number of nitrogens with two attached hydrogens (primary N) is 1. The fourth-order valence-corrected chi connectivity index (χ4v) is 2.25. The van der Waals surface area contributed by atoms with Crippen LogP contribution in [0.3, 0.4) is 0 Å². The van der Waals surface area contributed by atoms with Crippen molar-refractivity contribution in [2.45, 2.75) is 6.54 Å². The topological polar surface area (TPSA) is 77.7 Å². The number of hydrogen-bond acceptors (Lipinski definition) is 6. The number of hydrazine groups is 1. The minimum atomic E-state index is 0.240. The maximum atomic E-state index is 8.90. The van der Waals surface area contributed by atoms with Crippen LogP contribution in [0.4, 0.5) is 5.82 Å². The van der Waals surface area contributed by atoms with Gasteiger partial charge in [-0.25, -0.2) is 10.8 Å². The molecule has 100 valence electrons. The van der Waals surface area contributed by atoms with Crippen molar-refractivity contribution >= 4 is 5.82 Å². The van der Waals surface area contributed by atoms with Gasteiger partial charge in [0.1, 0.15) is 5.82 Å². The smallest absolute Gasteiger partial charge is 0.144 e. The third kappa shape index (κ3) is 3.39. The monoisotopic (exact) mass is 251 g/mol. The second kappa shape index (κ2) is 6.65. The molecule has 0 saturated carbocycles. The average molecular weight is 251 g/mol. The first-order valence-corrected chi connectivity index (χ1v) is 6.29. The van der Waals surface area contributed by atoms with Crippen molar-refractivity contribution < 1.29 is 5.11 Å². The van der Waals surface area contributed by atoms with E-state index in [-0.39, 0.29) is 6.61 Å². The minimum absolute atomic E-state index is 0.240. The van der Waals surface area contributed by atoms with Crippen LogP contribution in [0, 0.1) is 0 Å². The van der Waals surface area contributed by atoms with E-state index in [1.54, 1.807) is 6.20 Å². The van der Waals surface area contributed by atoms with Crippen LogP contribution >= 0.6 is 0 Å². The molecule has 0 spiro atoms. The molecule has 0 unspecified atom stereocenters. The molecule has 0 bridgehead atoms. The SMILES string of the molecule is NNc1ncccc1CN1CCN(CCO)CC1. The van der Waals surface area contributed by atoms with Crippen LogP contribution in [-0.2, 0) is 6.54 Å². The van der Waals surface area contributed by atoms with Crippen molar-refractivity contribution in [2.24, 2.45) is 5.84 Å². The molecule has 4 N–H and O–H groups in total. The normalized spacial score (nSPS) is 17.9. The third-order valence-corrected chi connectivity index (χ3v) is 3.30. The number of aliphatic hydroxyl groups excluding tert-OH is 1. The van der Waals surface area contributed by atoms with Gasteiger partial charge >= 0.3 is 0 Å². The van der Waals surface area contributed by atoms with Gasteiger partial charge in [-0.05, 0) is 6.07 Å². The highest BCUT2D eigenvalue weighted by Gasteiger charge is 2.17. The Bertz CT molecular complexity index is 365. The summed E-state index contributed by atoms with van der Waals surface area (Å²) in [5.41, 5.74) is 3.75. The number of rotatable bonds is 5. The van der Waals surface area contributed by atoms with Crippen LogP contribution < -0.4 is 11.3 Å². The summed E-state index contributed by atoms with van der Waals surface area (Å²) in [5, 5.41) is 8.90. The highest BCUT2D eigenvalue weighted by atomic mass is 16.3. The Kier molecular flexibility index (Phi) is 4.89. The lowest BCUT2D eigenvalue weighted by Crippen LogP contribution is -2.46. The second-order valence-electron chi connectivity index (χ2n) is 4.50. The highest BCUT2D eigenvalue weighted by molar-refractivity contribution is 5.42. The van der Waals surface area contributed by atoms with E-state index in [1.165, 1.54) is 0 Å². The molecule has 1 aromatic rings. The quantitative estimate of drug-likeness (QED) is 0.483. The number of β-amino-alcohol motifs (C(OH)–C–C–N with tert-alkyl or cyclic N) is 1. The van der Waals surface area contributed by atoms with Crippen molar-refractivity contribution in [3.8, 4) is 0 Å². The van der Waals surface area contributed by atoms with Crippen LogP contribution in [0.2, 0.25) is 0 Å². The molecule has 2 heterocycles. The predicted molar refractivity (Wildman–Crippen MR) is 70.8 cm³/mol. The van der Waals surface area contributed by atoms with E-state index in [0.717, 1.165) is 50.6 Å². The Hall–Kier alpha value is -1.21. The van der Waals surface area contributed by atoms with E-state index in [1.807, 2.05) is 12.1 Å². The van der Waals surface area contributed by atoms with Gasteiger partial charge in [-0.1, -0.05) is 6.07 Å². The lowest BCUT2D eigenvalue weighted by Gasteiger charge is -2.34. The molecule has 6 heteroatoms. The van der Waals surface area contributed by atoms with Gasteiger partial charge in [0.05, 0.1) is 6.61 Å². The van der Waals surface area contributed by atoms with Crippen molar-refractivity contribution in [1.82, 2.24) is 14.8 Å². The molecule has 0 amide bonds. The summed E-state index contributed by atoms with van der Waals surface area (Å²) in [7, 11) is 0. The molecule has 1 aliphatic heterocycles. The van der Waals surface area contributed by atoms with E-state index < -0.39 is 0 Å². The Balaban J connectivity index is 1.87. The highest BCUT2D eigenvalue weighted by Crippen LogP contribution is 2.14. The summed E-state index contributed by atoms with van der Waals surface area (Å²) >= 11 is 0. The molecule has 0 aliphatic carbocycles. The summed E-state index contributed by atoms with van der Waals surface area (Å²) in [6.45, 7) is 5.91. The molecular formula is C12H21N5O. The van der Waals surface area contributed by atoms with Gasteiger partial charge in [-0.2, -0.15) is 0 Å². The van der Waals surface area contributed by atoms with Crippen molar-refractivity contribution in [1.29, 1.82) is 0 Å². The molecule has 1 saturated heterocycles. The van der Waals surface area contributed by atoms with E-state index in [9.17, 15) is 0 Å². The molecule has 1 aliphatic rings. The number of nitrogens with one attached hydrogen (secondary N) is 1. The van der Waals surface area contributed by atoms with Crippen molar-refractivity contribution in [3.05, 3.63) is 23.9 Å². The molecule has 2 rings (SSSR count). The van der Waals surface area contributed by atoms with Crippen LogP contribution in [0.15, 0.2) is 18.3 Å². The van der Waals surface area contributed by atoms with Crippen LogP contribution in [0.5, 0.6) is 0 Å². The number of pyridine rings is 1. The summed E-state index contributed by atoms with van der Waals surface area (Å²) in [4.78, 5) is 8.86. The minimum Gasteiger partial charge on any atom is -0.395 e. The summed E-state index contributed by atoms with van der Waals surface area (Å²) in [6, 6.07) is 3.97. The zero-order chi connectivity index (χ0) is 12.8. The van der Waals surface area contributed by atoms with Gasteiger partial charge in [-0.3, -0.25) is 9.80 Å². The first-order chi connectivity index (χ1) is 8.83. The first kappa shape index (κ1) is 13.2. The molecule has 1 fully saturated rings. The van der Waals surface area contributed by atoms with Gasteiger partial charge in [0.25, 0.3) is 0 Å². The summed E-state index contributed by atoms with van der Waals surface area (Å²) < 4.78 is 0. The van der Waals surface area contributed by atoms with Crippen LogP contribution in [0.1, 0.15) is 5.56 Å². The molecule has 18 heavy (non-hydrogen) atoms. The number of hydrogen-bond donors (Lipinski definition) is 3. The van der Waals surface area contributed by atoms with Crippen molar-refractivity contribution in [2.75, 3.05) is 44.8 Å². The zero-order valence-corrected chi connectivity index (χ0v) is 10.5. The van der Waals surface area contributed by atoms with Gasteiger partial charge in [0.15, 0.2) is 0 Å². The third-order valence-electron chi connectivity index (χ3n) is 3.30. The van der Waals surface area contributed by atoms with E-state index in [0.29, 0.717) is 0 Å². The van der Waals surface area contributed by atoms with Gasteiger partial charge in [0, 0.05) is 51.0 Å². The number of nitrogen functional groups attached to an aromatic ring is 1. The summed E-state index contributed by atoms with van der Waals surface area (Å²) in [6.07, 6.45) is 1.73. The lowest BCUT2D eigenvalue weighted by atomic mass is 10.2. The fraction of sp³-hybridized carbons (Fsp3) is 0.583. The van der Waals surface area contributed by atoms with Gasteiger partial charge < -0.3 is 10.5 Å². The average Bonchev–Trinajstić information content (AvgIpc) is 2.42. The molecule has 1 aromatic heterocycles.